The number of nitrogens with zero attached hydrogens (tertiary/aromatic N) is 2. The van der Waals surface area contributed by atoms with Crippen LogP contribution in [0, 0.1) is 0 Å². The van der Waals surface area contributed by atoms with Crippen molar-refractivity contribution in [3.8, 4) is 0 Å². The molecule has 1 saturated heterocycles. The van der Waals surface area contributed by atoms with Gasteiger partial charge in [-0.2, -0.15) is 0 Å². The second kappa shape index (κ2) is 7.83. The Morgan fingerprint density at radius 1 is 0.920 bits per heavy atom. The third-order valence-corrected chi connectivity index (χ3v) is 4.42. The van der Waals surface area contributed by atoms with Gasteiger partial charge in [0.05, 0.1) is 0 Å². The van der Waals surface area contributed by atoms with Crippen LogP contribution < -0.4 is 10.2 Å². The summed E-state index contributed by atoms with van der Waals surface area (Å²) < 4.78 is 0. The first kappa shape index (κ1) is 17.0. The SMILES string of the molecule is CCC(=O)Nc1ccc(C(=O)N2CCN(c3ccccc3)CC2)cc1. The first-order valence-electron chi connectivity index (χ1n) is 8.66. The minimum atomic E-state index is -0.0314. The minimum absolute atomic E-state index is 0.0314. The molecule has 0 spiro atoms. The maximum Gasteiger partial charge on any atom is 0.253 e. The number of carbonyl (C=O) groups is 2. The molecule has 2 aromatic rings. The van der Waals surface area contributed by atoms with E-state index in [2.05, 4.69) is 22.3 Å². The van der Waals surface area contributed by atoms with Crippen molar-refractivity contribution >= 4 is 23.2 Å². The van der Waals surface area contributed by atoms with Gasteiger partial charge < -0.3 is 15.1 Å². The molecule has 0 atom stereocenters. The topological polar surface area (TPSA) is 52.7 Å². The van der Waals surface area contributed by atoms with Crippen LogP contribution in [0.5, 0.6) is 0 Å². The molecular formula is C20H23N3O2. The van der Waals surface area contributed by atoms with Crippen LogP contribution in [0.4, 0.5) is 11.4 Å². The van der Waals surface area contributed by atoms with Crippen molar-refractivity contribution in [3.05, 3.63) is 60.2 Å². The molecule has 0 radical (unpaired) electrons. The Morgan fingerprint density at radius 2 is 1.56 bits per heavy atom. The van der Waals surface area contributed by atoms with E-state index in [1.807, 2.05) is 30.0 Å². The summed E-state index contributed by atoms with van der Waals surface area (Å²) in [5, 5.41) is 2.79. The number of amides is 2. The number of hydrogen-bond donors (Lipinski definition) is 1. The Kier molecular flexibility index (Phi) is 5.33. The molecule has 1 aliphatic rings. The predicted molar refractivity (Wildman–Crippen MR) is 99.9 cm³/mol. The van der Waals surface area contributed by atoms with Gasteiger partial charge in [0.1, 0.15) is 0 Å². The Labute approximate surface area is 148 Å². The lowest BCUT2D eigenvalue weighted by atomic mass is 10.1. The Hall–Kier alpha value is -2.82. The van der Waals surface area contributed by atoms with Crippen LogP contribution in [0.1, 0.15) is 23.7 Å². The molecule has 2 aromatic carbocycles. The fraction of sp³-hybridized carbons (Fsp3) is 0.300. The van der Waals surface area contributed by atoms with Crippen molar-refractivity contribution in [2.75, 3.05) is 36.4 Å². The third-order valence-electron chi connectivity index (χ3n) is 4.42. The first-order valence-corrected chi connectivity index (χ1v) is 8.66. The lowest BCUT2D eigenvalue weighted by Crippen LogP contribution is -2.48. The van der Waals surface area contributed by atoms with Crippen molar-refractivity contribution < 1.29 is 9.59 Å². The van der Waals surface area contributed by atoms with Crippen molar-refractivity contribution in [1.82, 2.24) is 4.90 Å². The molecule has 5 heteroatoms. The first-order chi connectivity index (χ1) is 12.2. The molecule has 1 fully saturated rings. The van der Waals surface area contributed by atoms with Crippen LogP contribution in [-0.2, 0) is 4.79 Å². The van der Waals surface area contributed by atoms with Gasteiger partial charge in [-0.25, -0.2) is 0 Å². The van der Waals surface area contributed by atoms with Gasteiger partial charge in [0.15, 0.2) is 0 Å². The molecule has 1 N–H and O–H groups in total. The van der Waals surface area contributed by atoms with Gasteiger partial charge in [-0.05, 0) is 36.4 Å². The molecule has 3 rings (SSSR count). The van der Waals surface area contributed by atoms with E-state index < -0.39 is 0 Å². The monoisotopic (exact) mass is 337 g/mol. The van der Waals surface area contributed by atoms with Gasteiger partial charge in [-0.3, -0.25) is 9.59 Å². The number of benzene rings is 2. The van der Waals surface area contributed by atoms with E-state index in [4.69, 9.17) is 0 Å². The lowest BCUT2D eigenvalue weighted by Gasteiger charge is -2.36. The summed E-state index contributed by atoms with van der Waals surface area (Å²) >= 11 is 0. The zero-order chi connectivity index (χ0) is 17.6. The standard InChI is InChI=1S/C20H23N3O2/c1-2-19(24)21-17-10-8-16(9-11-17)20(25)23-14-12-22(13-15-23)18-6-4-3-5-7-18/h3-11H,2,12-15H2,1H3,(H,21,24). The molecule has 25 heavy (non-hydrogen) atoms. The zero-order valence-electron chi connectivity index (χ0n) is 14.4. The second-order valence-corrected chi connectivity index (χ2v) is 6.09. The maximum absolute atomic E-state index is 12.7. The largest absolute Gasteiger partial charge is 0.368 e. The lowest BCUT2D eigenvalue weighted by molar-refractivity contribution is -0.115. The number of hydrogen-bond acceptors (Lipinski definition) is 3. The molecule has 0 saturated carbocycles. The van der Waals surface area contributed by atoms with Gasteiger partial charge in [-0.1, -0.05) is 25.1 Å². The molecule has 0 aliphatic carbocycles. The average Bonchev–Trinajstić information content (AvgIpc) is 2.69. The zero-order valence-corrected chi connectivity index (χ0v) is 14.4. The van der Waals surface area contributed by atoms with Crippen molar-refractivity contribution in [2.45, 2.75) is 13.3 Å². The summed E-state index contributed by atoms with van der Waals surface area (Å²) in [6, 6.07) is 17.4. The molecule has 0 bridgehead atoms. The number of carbonyl (C=O) groups excluding carboxylic acids is 2. The van der Waals surface area contributed by atoms with Crippen LogP contribution in [0.3, 0.4) is 0 Å². The number of piperazine rings is 1. The maximum atomic E-state index is 12.7. The molecule has 2 amide bonds. The van der Waals surface area contributed by atoms with Crippen LogP contribution >= 0.6 is 0 Å². The van der Waals surface area contributed by atoms with E-state index in [1.54, 1.807) is 24.3 Å². The van der Waals surface area contributed by atoms with Gasteiger partial charge in [-0.15, -0.1) is 0 Å². The molecule has 0 unspecified atom stereocenters. The highest BCUT2D eigenvalue weighted by molar-refractivity contribution is 5.96. The van der Waals surface area contributed by atoms with E-state index in [1.165, 1.54) is 5.69 Å². The van der Waals surface area contributed by atoms with Crippen LogP contribution in [0.2, 0.25) is 0 Å². The van der Waals surface area contributed by atoms with Crippen molar-refractivity contribution in [2.24, 2.45) is 0 Å². The minimum Gasteiger partial charge on any atom is -0.368 e. The van der Waals surface area contributed by atoms with Crippen molar-refractivity contribution in [3.63, 3.8) is 0 Å². The number of para-hydroxylation sites is 1. The van der Waals surface area contributed by atoms with Gasteiger partial charge >= 0.3 is 0 Å². The highest BCUT2D eigenvalue weighted by Crippen LogP contribution is 2.17. The van der Waals surface area contributed by atoms with E-state index >= 15 is 0 Å². The van der Waals surface area contributed by atoms with Crippen molar-refractivity contribution in [1.29, 1.82) is 0 Å². The van der Waals surface area contributed by atoms with Crippen LogP contribution in [0.25, 0.3) is 0 Å². The van der Waals surface area contributed by atoms with E-state index in [-0.39, 0.29) is 11.8 Å². The van der Waals surface area contributed by atoms with Gasteiger partial charge in [0.2, 0.25) is 5.91 Å². The summed E-state index contributed by atoms with van der Waals surface area (Å²) in [5.41, 5.74) is 2.57. The second-order valence-electron chi connectivity index (χ2n) is 6.09. The molecule has 0 aromatic heterocycles. The summed E-state index contributed by atoms with van der Waals surface area (Å²) in [7, 11) is 0. The highest BCUT2D eigenvalue weighted by atomic mass is 16.2. The Morgan fingerprint density at radius 3 is 2.16 bits per heavy atom. The molecule has 1 heterocycles. The summed E-state index contributed by atoms with van der Waals surface area (Å²) in [5.74, 6) is 0.0113. The summed E-state index contributed by atoms with van der Waals surface area (Å²) in [4.78, 5) is 28.2. The van der Waals surface area contributed by atoms with Crippen LogP contribution in [0.15, 0.2) is 54.6 Å². The highest BCUT2D eigenvalue weighted by Gasteiger charge is 2.22. The fourth-order valence-electron chi connectivity index (χ4n) is 2.93. The van der Waals surface area contributed by atoms with E-state index in [0.717, 1.165) is 18.8 Å². The molecular weight excluding hydrogens is 314 g/mol. The van der Waals surface area contributed by atoms with E-state index in [0.29, 0.717) is 25.1 Å². The fourth-order valence-corrected chi connectivity index (χ4v) is 2.93. The van der Waals surface area contributed by atoms with Gasteiger partial charge in [0, 0.05) is 49.5 Å². The van der Waals surface area contributed by atoms with Gasteiger partial charge in [0.25, 0.3) is 5.91 Å². The Balaban J connectivity index is 1.58. The summed E-state index contributed by atoms with van der Waals surface area (Å²) in [6.07, 6.45) is 0.437. The molecule has 1 aliphatic heterocycles. The quantitative estimate of drug-likeness (QED) is 0.933. The molecule has 130 valence electrons. The summed E-state index contributed by atoms with van der Waals surface area (Å²) in [6.45, 7) is 4.90. The smallest absolute Gasteiger partial charge is 0.253 e. The molecule has 5 nitrogen and oxygen atoms in total. The van der Waals surface area contributed by atoms with E-state index in [9.17, 15) is 9.59 Å². The normalized spacial score (nSPS) is 14.3. The average molecular weight is 337 g/mol. The number of nitrogens with one attached hydrogen (secondary N) is 1. The number of anilines is 2. The predicted octanol–water partition coefficient (Wildman–Crippen LogP) is 3.00. The Bertz CT molecular complexity index is 720. The third kappa shape index (κ3) is 4.18. The number of rotatable bonds is 4. The van der Waals surface area contributed by atoms with Crippen LogP contribution in [-0.4, -0.2) is 42.9 Å².